The third-order valence-electron chi connectivity index (χ3n) is 4.30. The van der Waals surface area contributed by atoms with Crippen LogP contribution in [-0.2, 0) is 0 Å². The smallest absolute Gasteiger partial charge is 0.319 e. The Balaban J connectivity index is 0.00000288. The van der Waals surface area contributed by atoms with Crippen molar-refractivity contribution >= 4 is 30.0 Å². The second-order valence-corrected chi connectivity index (χ2v) is 6.21. The van der Waals surface area contributed by atoms with Crippen LogP contribution in [0.4, 0.5) is 10.5 Å². The molecule has 0 aliphatic heterocycles. The second-order valence-electron chi connectivity index (χ2n) is 6.21. The molecule has 1 aromatic carbocycles. The predicted octanol–water partition coefficient (Wildman–Crippen LogP) is 2.64. The van der Waals surface area contributed by atoms with Gasteiger partial charge in [0.2, 0.25) is 0 Å². The molecular weight excluding hydrogens is 328 g/mol. The maximum absolute atomic E-state index is 12.3. The summed E-state index contributed by atoms with van der Waals surface area (Å²) in [6.45, 7) is 4.45. The minimum Gasteiger partial charge on any atom is -0.350 e. The normalized spacial score (nSPS) is 13.6. The van der Waals surface area contributed by atoms with Crippen LogP contribution >= 0.6 is 12.4 Å². The molecule has 0 spiro atoms. The number of nitrogens with two attached hydrogens (primary N) is 1. The molecular formula is C17H27ClN4O2. The second kappa shape index (κ2) is 8.89. The molecule has 1 aromatic rings. The van der Waals surface area contributed by atoms with Crippen LogP contribution in [0.5, 0.6) is 0 Å². The van der Waals surface area contributed by atoms with Gasteiger partial charge in [-0.1, -0.05) is 19.9 Å². The van der Waals surface area contributed by atoms with Gasteiger partial charge in [0, 0.05) is 29.4 Å². The molecule has 0 unspecified atom stereocenters. The summed E-state index contributed by atoms with van der Waals surface area (Å²) in [5.74, 6) is -0.187. The van der Waals surface area contributed by atoms with Gasteiger partial charge in [-0.15, -0.1) is 12.4 Å². The number of anilines is 1. The molecule has 6 nitrogen and oxygen atoms in total. The van der Waals surface area contributed by atoms with Crippen molar-refractivity contribution in [2.45, 2.75) is 51.1 Å². The lowest BCUT2D eigenvalue weighted by Gasteiger charge is -2.26. The van der Waals surface area contributed by atoms with Crippen LogP contribution in [0.15, 0.2) is 24.3 Å². The molecule has 1 aliphatic carbocycles. The van der Waals surface area contributed by atoms with Gasteiger partial charge in [-0.3, -0.25) is 4.79 Å². The molecule has 0 heterocycles. The number of hydrogen-bond acceptors (Lipinski definition) is 3. The number of halogens is 1. The average molecular weight is 355 g/mol. The van der Waals surface area contributed by atoms with E-state index in [-0.39, 0.29) is 29.9 Å². The first kappa shape index (κ1) is 20.3. The Kier molecular flexibility index (Phi) is 7.51. The largest absolute Gasteiger partial charge is 0.350 e. The molecule has 0 aromatic heterocycles. The van der Waals surface area contributed by atoms with Crippen LogP contribution in [0, 0.1) is 0 Å². The Morgan fingerprint density at radius 3 is 2.50 bits per heavy atom. The number of hydrogen-bond donors (Lipinski definition) is 4. The van der Waals surface area contributed by atoms with Gasteiger partial charge in [0.1, 0.15) is 0 Å². The molecule has 1 aliphatic rings. The summed E-state index contributed by atoms with van der Waals surface area (Å²) in [5, 5.41) is 8.46. The third-order valence-corrected chi connectivity index (χ3v) is 4.30. The van der Waals surface area contributed by atoms with E-state index in [9.17, 15) is 9.59 Å². The van der Waals surface area contributed by atoms with Gasteiger partial charge in [0.15, 0.2) is 0 Å². The van der Waals surface area contributed by atoms with Gasteiger partial charge in [-0.25, -0.2) is 4.79 Å². The number of benzene rings is 1. The number of carbonyl (C=O) groups is 2. The Hall–Kier alpha value is -1.79. The van der Waals surface area contributed by atoms with Crippen LogP contribution in [0.25, 0.3) is 0 Å². The maximum Gasteiger partial charge on any atom is 0.319 e. The van der Waals surface area contributed by atoms with Crippen LogP contribution in [0.1, 0.15) is 49.9 Å². The fraction of sp³-hybridized carbons (Fsp3) is 0.529. The predicted molar refractivity (Wildman–Crippen MR) is 98.7 cm³/mol. The minimum atomic E-state index is -0.379. The Morgan fingerprint density at radius 2 is 1.92 bits per heavy atom. The number of amides is 3. The quantitative estimate of drug-likeness (QED) is 0.606. The number of urea groups is 1. The van der Waals surface area contributed by atoms with Gasteiger partial charge in [-0.2, -0.15) is 0 Å². The zero-order chi connectivity index (χ0) is 16.9. The summed E-state index contributed by atoms with van der Waals surface area (Å²) in [6, 6.07) is 6.95. The Labute approximate surface area is 149 Å². The summed E-state index contributed by atoms with van der Waals surface area (Å²) in [6.07, 6.45) is 3.66. The number of rotatable bonds is 7. The molecule has 0 radical (unpaired) electrons. The highest BCUT2D eigenvalue weighted by Crippen LogP contribution is 2.19. The van der Waals surface area contributed by atoms with Crippen molar-refractivity contribution in [3.63, 3.8) is 0 Å². The van der Waals surface area contributed by atoms with E-state index < -0.39 is 0 Å². The van der Waals surface area contributed by atoms with Crippen molar-refractivity contribution < 1.29 is 9.59 Å². The fourth-order valence-corrected chi connectivity index (χ4v) is 2.18. The standard InChI is InChI=1S/C17H26N4O2.ClH/c1-3-17(18,4-2)11-19-15(22)12-6-5-7-14(10-12)21-16(23)20-13-8-9-13;/h5-7,10,13H,3-4,8-9,11,18H2,1-2H3,(H,19,22)(H2,20,21,23);1H. The molecule has 3 amide bonds. The van der Waals surface area contributed by atoms with E-state index in [1.165, 1.54) is 0 Å². The van der Waals surface area contributed by atoms with Crippen molar-refractivity contribution in [1.29, 1.82) is 0 Å². The molecule has 7 heteroatoms. The van der Waals surface area contributed by atoms with E-state index in [1.54, 1.807) is 24.3 Å². The molecule has 1 saturated carbocycles. The number of carbonyl (C=O) groups excluding carboxylic acids is 2. The maximum atomic E-state index is 12.3. The van der Waals surface area contributed by atoms with Gasteiger partial charge < -0.3 is 21.7 Å². The zero-order valence-corrected chi connectivity index (χ0v) is 15.0. The summed E-state index contributed by atoms with van der Waals surface area (Å²) >= 11 is 0. The van der Waals surface area contributed by atoms with E-state index in [4.69, 9.17) is 5.73 Å². The van der Waals surface area contributed by atoms with E-state index in [1.807, 2.05) is 13.8 Å². The van der Waals surface area contributed by atoms with E-state index in [0.29, 0.717) is 23.8 Å². The topological polar surface area (TPSA) is 96.2 Å². The lowest BCUT2D eigenvalue weighted by Crippen LogP contribution is -2.49. The lowest BCUT2D eigenvalue weighted by atomic mass is 9.94. The minimum absolute atomic E-state index is 0. The van der Waals surface area contributed by atoms with Gasteiger partial charge >= 0.3 is 6.03 Å². The molecule has 0 bridgehead atoms. The first-order chi connectivity index (χ1) is 11.0. The number of nitrogens with one attached hydrogen (secondary N) is 3. The van der Waals surface area contributed by atoms with Gasteiger partial charge in [0.05, 0.1) is 0 Å². The molecule has 2 rings (SSSR count). The molecule has 24 heavy (non-hydrogen) atoms. The van der Waals surface area contributed by atoms with Gasteiger partial charge in [-0.05, 0) is 43.9 Å². The Bertz CT molecular complexity index is 571. The summed E-state index contributed by atoms with van der Waals surface area (Å²) in [7, 11) is 0. The average Bonchev–Trinajstić information content (AvgIpc) is 3.36. The highest BCUT2D eigenvalue weighted by Gasteiger charge is 2.23. The van der Waals surface area contributed by atoms with E-state index in [0.717, 1.165) is 25.7 Å². The van der Waals surface area contributed by atoms with Crippen molar-refractivity contribution in [3.8, 4) is 0 Å². The SMILES string of the molecule is CCC(N)(CC)CNC(=O)c1cccc(NC(=O)NC2CC2)c1.Cl. The van der Waals surface area contributed by atoms with Gasteiger partial charge in [0.25, 0.3) is 5.91 Å². The van der Waals surface area contributed by atoms with Crippen LogP contribution < -0.4 is 21.7 Å². The van der Waals surface area contributed by atoms with E-state index in [2.05, 4.69) is 16.0 Å². The third kappa shape index (κ3) is 6.02. The molecule has 134 valence electrons. The molecule has 0 saturated heterocycles. The van der Waals surface area contributed by atoms with E-state index >= 15 is 0 Å². The van der Waals surface area contributed by atoms with Crippen molar-refractivity contribution in [2.24, 2.45) is 5.73 Å². The van der Waals surface area contributed by atoms with Crippen molar-refractivity contribution in [2.75, 3.05) is 11.9 Å². The van der Waals surface area contributed by atoms with Crippen LogP contribution in [-0.4, -0.2) is 30.1 Å². The highest BCUT2D eigenvalue weighted by atomic mass is 35.5. The summed E-state index contributed by atoms with van der Waals surface area (Å²) < 4.78 is 0. The highest BCUT2D eigenvalue weighted by molar-refractivity contribution is 5.97. The lowest BCUT2D eigenvalue weighted by molar-refractivity contribution is 0.0942. The fourth-order valence-electron chi connectivity index (χ4n) is 2.18. The summed E-state index contributed by atoms with van der Waals surface area (Å²) in [5.41, 5.74) is 6.91. The van der Waals surface area contributed by atoms with Crippen molar-refractivity contribution in [1.82, 2.24) is 10.6 Å². The van der Waals surface area contributed by atoms with Crippen LogP contribution in [0.2, 0.25) is 0 Å². The zero-order valence-electron chi connectivity index (χ0n) is 14.2. The molecule has 0 atom stereocenters. The first-order valence-electron chi connectivity index (χ1n) is 8.20. The molecule has 1 fully saturated rings. The Morgan fingerprint density at radius 1 is 1.25 bits per heavy atom. The first-order valence-corrected chi connectivity index (χ1v) is 8.20. The van der Waals surface area contributed by atoms with Crippen LogP contribution in [0.3, 0.4) is 0 Å². The summed E-state index contributed by atoms with van der Waals surface area (Å²) in [4.78, 5) is 24.0. The molecule has 5 N–H and O–H groups in total. The monoisotopic (exact) mass is 354 g/mol. The van der Waals surface area contributed by atoms with Crippen molar-refractivity contribution in [3.05, 3.63) is 29.8 Å².